The van der Waals surface area contributed by atoms with Crippen LogP contribution in [0.4, 0.5) is 51.2 Å². The van der Waals surface area contributed by atoms with E-state index in [1.54, 1.807) is 0 Å². The summed E-state index contributed by atoms with van der Waals surface area (Å²) >= 11 is 0. The third-order valence-corrected chi connectivity index (χ3v) is 20.4. The molecule has 17 rings (SSSR count). The van der Waals surface area contributed by atoms with Crippen molar-refractivity contribution in [2.24, 2.45) is 0 Å². The lowest BCUT2D eigenvalue weighted by Gasteiger charge is -2.46. The summed E-state index contributed by atoms with van der Waals surface area (Å²) in [7, 11) is 0. The van der Waals surface area contributed by atoms with Crippen LogP contribution >= 0.6 is 0 Å². The van der Waals surface area contributed by atoms with Crippen LogP contribution < -0.4 is 31.1 Å². The molecule has 0 N–H and O–H groups in total. The Labute approximate surface area is 482 Å². The molecule has 4 aliphatic carbocycles. The summed E-state index contributed by atoms with van der Waals surface area (Å²) in [4.78, 5) is 7.81. The summed E-state index contributed by atoms with van der Waals surface area (Å²) in [6.07, 6.45) is 0. The molecule has 4 heteroatoms. The fraction of sp³-hybridized carbons (Fsp3) is 0.154. The summed E-state index contributed by atoms with van der Waals surface area (Å²) in [6.45, 7) is 19.2. The van der Waals surface area contributed by atoms with E-state index in [1.165, 1.54) is 128 Å². The second-order valence-electron chi connectivity index (χ2n) is 26.1. The predicted molar refractivity (Wildman–Crippen MR) is 345 cm³/mol. The van der Waals surface area contributed by atoms with Crippen molar-refractivity contribution in [3.05, 3.63) is 275 Å². The molecule has 0 bridgehead atoms. The van der Waals surface area contributed by atoms with Crippen molar-refractivity contribution in [1.29, 1.82) is 0 Å². The number of fused-ring (bicyclic) bond motifs is 16. The Morgan fingerprint density at radius 2 is 0.585 bits per heavy atom. The van der Waals surface area contributed by atoms with Gasteiger partial charge in [-0.1, -0.05) is 213 Å². The van der Waals surface area contributed by atoms with Gasteiger partial charge in [0.25, 0.3) is 6.71 Å². The molecule has 6 aliphatic rings. The molecule has 0 saturated heterocycles. The number of rotatable bonds is 5. The summed E-state index contributed by atoms with van der Waals surface area (Å²) < 4.78 is 0. The Bertz CT molecular complexity index is 4310. The molecular weight excluding hydrogens is 990 g/mol. The van der Waals surface area contributed by atoms with Crippen LogP contribution in [-0.4, -0.2) is 6.71 Å². The molecule has 11 aromatic carbocycles. The molecule has 0 spiro atoms. The van der Waals surface area contributed by atoms with Crippen molar-refractivity contribution < 1.29 is 0 Å². The molecule has 392 valence electrons. The van der Waals surface area contributed by atoms with Crippen LogP contribution in [-0.2, 0) is 21.7 Å². The predicted octanol–water partition coefficient (Wildman–Crippen LogP) is 18.5. The molecule has 0 atom stereocenters. The van der Waals surface area contributed by atoms with Gasteiger partial charge in [-0.25, -0.2) is 0 Å². The van der Waals surface area contributed by atoms with Gasteiger partial charge in [0.15, 0.2) is 0 Å². The Kier molecular flexibility index (Phi) is 9.47. The summed E-state index contributed by atoms with van der Waals surface area (Å²) in [5, 5.41) is 0. The Balaban J connectivity index is 1.03. The largest absolute Gasteiger partial charge is 0.311 e. The topological polar surface area (TPSA) is 9.72 Å². The van der Waals surface area contributed by atoms with Crippen LogP contribution in [0.3, 0.4) is 0 Å². The van der Waals surface area contributed by atoms with Gasteiger partial charge in [-0.05, 0) is 178 Å². The number of anilines is 9. The summed E-state index contributed by atoms with van der Waals surface area (Å²) in [5.41, 5.74) is 35.2. The molecule has 0 amide bonds. The molecule has 0 aromatic heterocycles. The molecule has 0 saturated carbocycles. The van der Waals surface area contributed by atoms with E-state index < -0.39 is 0 Å². The fourth-order valence-electron chi connectivity index (χ4n) is 16.3. The van der Waals surface area contributed by atoms with E-state index in [0.717, 1.165) is 28.4 Å². The second-order valence-corrected chi connectivity index (χ2v) is 26.1. The van der Waals surface area contributed by atoms with Crippen molar-refractivity contribution in [3.8, 4) is 44.5 Å². The van der Waals surface area contributed by atoms with Crippen molar-refractivity contribution in [1.82, 2.24) is 0 Å². The number of hydrogen-bond acceptors (Lipinski definition) is 3. The van der Waals surface area contributed by atoms with Gasteiger partial charge in [0.05, 0.1) is 5.69 Å². The average molecular weight is 1050 g/mol. The van der Waals surface area contributed by atoms with Crippen LogP contribution in [0.2, 0.25) is 0 Å². The Morgan fingerprint density at radius 3 is 0.963 bits per heavy atom. The number of para-hydroxylation sites is 2. The van der Waals surface area contributed by atoms with Gasteiger partial charge in [0.2, 0.25) is 0 Å². The van der Waals surface area contributed by atoms with Gasteiger partial charge in [-0.3, -0.25) is 0 Å². The first-order chi connectivity index (χ1) is 39.7. The van der Waals surface area contributed by atoms with E-state index in [4.69, 9.17) is 0 Å². The van der Waals surface area contributed by atoms with Crippen molar-refractivity contribution in [3.63, 3.8) is 0 Å². The Hall–Kier alpha value is -9.12. The first-order valence-corrected chi connectivity index (χ1v) is 29.4. The standard InChI is InChI=1S/C78H62BN3/c1-75(2)60-31-19-15-27-52(60)56-39-49(35-37-64(56)75)81-70-43-58-54-29-17-21-33-62(54)77(5,6)66(58)45-68(70)79-69-46-67-59(55-30-18-22-34-63(55)78(67,7)8)44-71(69)82(50-36-38-65-57(40-50)53-28-16-20-32-61(53)76(65,3)4)73-42-51(41-72(81)74(73)79)80(47-23-11-9-12-24-47)48-25-13-10-14-26-48/h9-46H,1-8H3. The zero-order chi connectivity index (χ0) is 55.3. The van der Waals surface area contributed by atoms with Crippen molar-refractivity contribution in [2.45, 2.75) is 77.0 Å². The van der Waals surface area contributed by atoms with Gasteiger partial charge in [0, 0.05) is 67.2 Å². The van der Waals surface area contributed by atoms with E-state index in [2.05, 4.69) is 301 Å². The van der Waals surface area contributed by atoms with Gasteiger partial charge >= 0.3 is 0 Å². The first-order valence-electron chi connectivity index (χ1n) is 29.4. The highest BCUT2D eigenvalue weighted by atomic mass is 15.2. The second kappa shape index (κ2) is 16.3. The van der Waals surface area contributed by atoms with Crippen LogP contribution in [0.5, 0.6) is 0 Å². The minimum absolute atomic E-state index is 0.115. The van der Waals surface area contributed by atoms with E-state index in [1.807, 2.05) is 0 Å². The monoisotopic (exact) mass is 1050 g/mol. The normalized spacial score (nSPS) is 16.4. The van der Waals surface area contributed by atoms with Crippen LogP contribution in [0.15, 0.2) is 231 Å². The Morgan fingerprint density at radius 1 is 0.268 bits per heavy atom. The average Bonchev–Trinajstić information content (AvgIpc) is 1.66. The molecule has 3 nitrogen and oxygen atoms in total. The van der Waals surface area contributed by atoms with Gasteiger partial charge in [-0.2, -0.15) is 0 Å². The first kappa shape index (κ1) is 47.7. The quantitative estimate of drug-likeness (QED) is 0.159. The minimum atomic E-state index is -0.215. The van der Waals surface area contributed by atoms with E-state index in [9.17, 15) is 0 Å². The number of hydrogen-bond donors (Lipinski definition) is 0. The fourth-order valence-corrected chi connectivity index (χ4v) is 16.3. The molecule has 82 heavy (non-hydrogen) atoms. The lowest BCUT2D eigenvalue weighted by Crippen LogP contribution is -2.61. The number of benzene rings is 11. The SMILES string of the molecule is CC1(C)c2ccccc2-c2cc(N3c4cc5c(cc4B4c6cc7c(cc6N(c6ccc8c(c6)-c6ccccc6C8(C)C)c6cc(N(c8ccccc8)c8ccccc8)cc3c64)-c3ccccc3C7(C)C)C(C)(C)c3ccccc3-5)ccc21. The van der Waals surface area contributed by atoms with E-state index in [0.29, 0.717) is 0 Å². The third kappa shape index (κ3) is 6.17. The lowest BCUT2D eigenvalue weighted by atomic mass is 9.33. The van der Waals surface area contributed by atoms with Crippen molar-refractivity contribution >= 4 is 74.3 Å². The summed E-state index contributed by atoms with van der Waals surface area (Å²) in [6, 6.07) is 88.7. The van der Waals surface area contributed by atoms with E-state index in [-0.39, 0.29) is 28.4 Å². The maximum absolute atomic E-state index is 2.67. The summed E-state index contributed by atoms with van der Waals surface area (Å²) in [5.74, 6) is 0. The highest BCUT2D eigenvalue weighted by Gasteiger charge is 2.49. The molecule has 2 heterocycles. The van der Waals surface area contributed by atoms with Crippen LogP contribution in [0, 0.1) is 0 Å². The lowest BCUT2D eigenvalue weighted by molar-refractivity contribution is 0.660. The molecular formula is C78H62BN3. The third-order valence-electron chi connectivity index (χ3n) is 20.4. The van der Waals surface area contributed by atoms with Gasteiger partial charge in [-0.15, -0.1) is 0 Å². The maximum atomic E-state index is 2.67. The molecule has 0 radical (unpaired) electrons. The van der Waals surface area contributed by atoms with Gasteiger partial charge < -0.3 is 14.7 Å². The highest BCUT2D eigenvalue weighted by molar-refractivity contribution is 7.00. The number of nitrogens with zero attached hydrogens (tertiary/aromatic N) is 3. The zero-order valence-electron chi connectivity index (χ0n) is 47.9. The van der Waals surface area contributed by atoms with Crippen LogP contribution in [0.1, 0.15) is 99.9 Å². The highest BCUT2D eigenvalue weighted by Crippen LogP contribution is 2.58. The van der Waals surface area contributed by atoms with E-state index >= 15 is 0 Å². The molecule has 2 aliphatic heterocycles. The molecule has 0 fully saturated rings. The van der Waals surface area contributed by atoms with Gasteiger partial charge in [0.1, 0.15) is 0 Å². The zero-order valence-corrected chi connectivity index (χ0v) is 47.9. The minimum Gasteiger partial charge on any atom is -0.311 e. The van der Waals surface area contributed by atoms with Crippen molar-refractivity contribution in [2.75, 3.05) is 14.7 Å². The molecule has 0 unspecified atom stereocenters. The van der Waals surface area contributed by atoms with Crippen LogP contribution in [0.25, 0.3) is 44.5 Å². The molecule has 11 aromatic rings. The smallest absolute Gasteiger partial charge is 0.252 e. The maximum Gasteiger partial charge on any atom is 0.252 e.